The summed E-state index contributed by atoms with van der Waals surface area (Å²) >= 11 is 0. The predicted molar refractivity (Wildman–Crippen MR) is 37.5 cm³/mol. The van der Waals surface area contributed by atoms with Crippen LogP contribution in [0.4, 0.5) is 0 Å². The quantitative estimate of drug-likeness (QED) is 0.314. The van der Waals surface area contributed by atoms with E-state index in [1.807, 2.05) is 0 Å². The van der Waals surface area contributed by atoms with Crippen LogP contribution in [-0.2, 0) is 0 Å². The molecule has 72 valence electrons. The van der Waals surface area contributed by atoms with Gasteiger partial charge in [0.1, 0.15) is 0 Å². The van der Waals surface area contributed by atoms with Crippen molar-refractivity contribution in [2.75, 3.05) is 0 Å². The van der Waals surface area contributed by atoms with Gasteiger partial charge in [-0.15, -0.1) is 0 Å². The number of hydrogen-bond donors (Lipinski definition) is 4. The van der Waals surface area contributed by atoms with Crippen LogP contribution in [0.5, 0.6) is 0 Å². The molecule has 0 saturated heterocycles. The van der Waals surface area contributed by atoms with E-state index in [-0.39, 0.29) is 57.9 Å². The molecule has 8 nitrogen and oxygen atoms in total. The van der Waals surface area contributed by atoms with Crippen molar-refractivity contribution in [3.63, 3.8) is 0 Å². The van der Waals surface area contributed by atoms with Crippen LogP contribution in [0.2, 0.25) is 0 Å². The monoisotopic (exact) mass is 270 g/mol. The van der Waals surface area contributed by atoms with Gasteiger partial charge in [-0.2, -0.15) is 0 Å². The summed E-state index contributed by atoms with van der Waals surface area (Å²) in [6, 6.07) is 0. The molecule has 0 atom stereocenters. The average Bonchev–Trinajstić information content (AvgIpc) is 1.12. The van der Waals surface area contributed by atoms with Crippen molar-refractivity contribution in [1.82, 2.24) is 0 Å². The van der Waals surface area contributed by atoms with E-state index in [2.05, 4.69) is 0 Å². The van der Waals surface area contributed by atoms with Gasteiger partial charge in [-0.1, -0.05) is 0 Å². The van der Waals surface area contributed by atoms with E-state index in [0.717, 1.165) is 0 Å². The van der Waals surface area contributed by atoms with Crippen LogP contribution in [0, 0.1) is 0 Å². The number of hydrogen-bond acceptors (Lipinski definition) is 8. The third-order valence-corrected chi connectivity index (χ3v) is 0. The molecule has 0 heterocycles. The molecule has 0 unspecified atom stereocenters. The largest absolute Gasteiger partial charge is 3.00 e. The fourth-order valence-corrected chi connectivity index (χ4v) is 0. The van der Waals surface area contributed by atoms with E-state index in [9.17, 15) is 0 Å². The van der Waals surface area contributed by atoms with Gasteiger partial charge in [-0.05, 0) is 11.0 Å². The zero-order valence-electron chi connectivity index (χ0n) is 6.00. The predicted octanol–water partition coefficient (Wildman–Crippen LogP) is -12.6. The summed E-state index contributed by atoms with van der Waals surface area (Å²) < 4.78 is 0. The first-order valence-electron chi connectivity index (χ1n) is 1.71. The Hall–Kier alpha value is 1.86. The fourth-order valence-electron chi connectivity index (χ4n) is 0. The van der Waals surface area contributed by atoms with Crippen molar-refractivity contribution in [3.8, 4) is 0 Å². The molecular formula is H8AlNaO8Si3. The maximum Gasteiger partial charge on any atom is 3.00 e. The smallest absolute Gasteiger partial charge is 0.894 e. The minimum Gasteiger partial charge on any atom is -0.894 e. The van der Waals surface area contributed by atoms with Gasteiger partial charge in [0.2, 0.25) is 0 Å². The Kier molecular flexibility index (Phi) is 27.0. The number of rotatable bonds is 0. The van der Waals surface area contributed by atoms with E-state index in [1.165, 1.54) is 0 Å². The zero-order valence-corrected chi connectivity index (χ0v) is 11.2. The molecule has 0 aromatic rings. The first-order valence-corrected chi connectivity index (χ1v) is 5.13. The van der Waals surface area contributed by atoms with Crippen LogP contribution >= 0.6 is 0 Å². The molecule has 0 aliphatic carbocycles. The molecule has 0 radical (unpaired) electrons. The van der Waals surface area contributed by atoms with E-state index in [4.69, 9.17) is 38.4 Å². The Morgan fingerprint density at radius 3 is 0.769 bits per heavy atom. The van der Waals surface area contributed by atoms with Gasteiger partial charge in [0.25, 0.3) is 0 Å². The summed E-state index contributed by atoms with van der Waals surface area (Å²) in [5, 5.41) is 0. The topological polar surface area (TPSA) is 173 Å². The van der Waals surface area contributed by atoms with Crippen molar-refractivity contribution in [3.05, 3.63) is 0 Å². The molecule has 0 aromatic carbocycles. The Morgan fingerprint density at radius 1 is 0.769 bits per heavy atom. The molecule has 13 heteroatoms. The van der Waals surface area contributed by atoms with Crippen LogP contribution in [0.3, 0.4) is 0 Å². The van der Waals surface area contributed by atoms with E-state index in [0.29, 0.717) is 0 Å². The Morgan fingerprint density at radius 2 is 0.769 bits per heavy atom. The maximum absolute atomic E-state index is 8.58. The molecule has 0 spiro atoms. The maximum atomic E-state index is 8.58. The Balaban J connectivity index is -0.0000000267. The van der Waals surface area contributed by atoms with Gasteiger partial charge in [0, 0.05) is 0 Å². The van der Waals surface area contributed by atoms with Crippen LogP contribution in [-0.4, -0.2) is 65.6 Å². The molecule has 4 N–H and O–H groups in total. The van der Waals surface area contributed by atoms with Crippen molar-refractivity contribution in [2.24, 2.45) is 0 Å². The van der Waals surface area contributed by atoms with Gasteiger partial charge in [-0.25, -0.2) is 0 Å². The average molecular weight is 270 g/mol. The second-order valence-electron chi connectivity index (χ2n) is 1.10. The molecule has 13 heavy (non-hydrogen) atoms. The molecule has 0 saturated carbocycles. The summed E-state index contributed by atoms with van der Waals surface area (Å²) in [4.78, 5) is 63.6. The molecule has 0 amide bonds. The zero-order chi connectivity index (χ0) is 9.00. The van der Waals surface area contributed by atoms with Crippen LogP contribution in [0.1, 0.15) is 0 Å². The van der Waals surface area contributed by atoms with Crippen LogP contribution < -0.4 is 48.7 Å². The van der Waals surface area contributed by atoms with Crippen molar-refractivity contribution in [2.45, 2.75) is 0 Å². The summed E-state index contributed by atoms with van der Waals surface area (Å²) in [6.45, 7) is 0. The minimum absolute atomic E-state index is 0. The summed E-state index contributed by atoms with van der Waals surface area (Å²) in [6.07, 6.45) is 0. The van der Waals surface area contributed by atoms with Crippen molar-refractivity contribution in [1.29, 1.82) is 0 Å². The summed E-state index contributed by atoms with van der Waals surface area (Å²) in [7, 11) is -10.2. The van der Waals surface area contributed by atoms with Crippen molar-refractivity contribution < 1.29 is 67.9 Å². The molecule has 0 aliphatic rings. The Bertz CT molecular complexity index is 62.4. The van der Waals surface area contributed by atoms with Gasteiger partial charge in [0.15, 0.2) is 0 Å². The molecular weight excluding hydrogens is 262 g/mol. The normalized spacial score (nSPS) is 9.23. The summed E-state index contributed by atoms with van der Waals surface area (Å²) in [5.41, 5.74) is 0. The third-order valence-electron chi connectivity index (χ3n) is 0. The molecule has 0 aromatic heterocycles. The SMILES string of the molecule is O[Si](O)(O)O.[Al+3].[Na+].[O-][Si]([O-])([O-])[O-].[SiH4]. The molecule has 0 fully saturated rings. The summed E-state index contributed by atoms with van der Waals surface area (Å²) in [5.74, 6) is 0. The van der Waals surface area contributed by atoms with Gasteiger partial charge >= 0.3 is 56.0 Å². The standard InChI is InChI=1S/Al.Na.H4O4Si.O4Si.H4Si/c;;2*1-5(2,3)4;/h;;1-4H;;1H4/q+3;+1;;-4;. The van der Waals surface area contributed by atoms with E-state index >= 15 is 0 Å². The van der Waals surface area contributed by atoms with Crippen molar-refractivity contribution >= 4 is 46.4 Å². The first-order chi connectivity index (χ1) is 4.00. The van der Waals surface area contributed by atoms with E-state index in [1.54, 1.807) is 0 Å². The van der Waals surface area contributed by atoms with Gasteiger partial charge in [0.05, 0.1) is 0 Å². The Labute approximate surface area is 114 Å². The van der Waals surface area contributed by atoms with E-state index < -0.39 is 18.1 Å². The second-order valence-corrected chi connectivity index (χ2v) is 3.30. The van der Waals surface area contributed by atoms with Gasteiger partial charge < -0.3 is 47.4 Å². The first kappa shape index (κ1) is 29.4. The molecule has 0 bridgehead atoms. The third kappa shape index (κ3) is 562. The van der Waals surface area contributed by atoms with Gasteiger partial charge in [-0.3, -0.25) is 0 Å². The molecule has 0 aliphatic heterocycles. The minimum atomic E-state index is -5.61. The molecule has 0 rings (SSSR count). The van der Waals surface area contributed by atoms with Crippen LogP contribution in [0.25, 0.3) is 0 Å². The second kappa shape index (κ2) is 11.9. The fraction of sp³-hybridized carbons (Fsp3) is 0. The van der Waals surface area contributed by atoms with Crippen LogP contribution in [0.15, 0.2) is 0 Å².